The Kier molecular flexibility index (Phi) is 3.57. The van der Waals surface area contributed by atoms with Gasteiger partial charge in [0.1, 0.15) is 5.82 Å². The van der Waals surface area contributed by atoms with Crippen molar-refractivity contribution in [3.63, 3.8) is 0 Å². The Labute approximate surface area is 137 Å². The van der Waals surface area contributed by atoms with Crippen LogP contribution in [-0.4, -0.2) is 22.6 Å². The maximum Gasteiger partial charge on any atom is 0.315 e. The largest absolute Gasteiger partial charge is 0.412 e. The quantitative estimate of drug-likeness (QED) is 0.724. The zero-order valence-electron chi connectivity index (χ0n) is 12.8. The molecule has 0 aliphatic carbocycles. The van der Waals surface area contributed by atoms with Gasteiger partial charge in [-0.05, 0) is 48.7 Å². The highest BCUT2D eigenvalue weighted by Gasteiger charge is 2.27. The second-order valence-electron chi connectivity index (χ2n) is 5.61. The van der Waals surface area contributed by atoms with Gasteiger partial charge in [0.2, 0.25) is 5.89 Å². The molecule has 24 heavy (non-hydrogen) atoms. The lowest BCUT2D eigenvalue weighted by molar-refractivity contribution is 0.0952. The number of aryl methyl sites for hydroxylation is 1. The Morgan fingerprint density at radius 2 is 1.88 bits per heavy atom. The summed E-state index contributed by atoms with van der Waals surface area (Å²) in [7, 11) is 0. The fraction of sp³-hybridized carbons (Fsp3) is 0.167. The predicted octanol–water partition coefficient (Wildman–Crippen LogP) is 3.47. The van der Waals surface area contributed by atoms with Crippen LogP contribution in [0.15, 0.2) is 52.9 Å². The minimum Gasteiger partial charge on any atom is -0.412 e. The van der Waals surface area contributed by atoms with Crippen LogP contribution >= 0.6 is 0 Å². The van der Waals surface area contributed by atoms with Gasteiger partial charge in [-0.25, -0.2) is 4.39 Å². The number of nitrogens with zero attached hydrogens (tertiary/aromatic N) is 3. The van der Waals surface area contributed by atoms with Gasteiger partial charge in [-0.1, -0.05) is 18.2 Å². The van der Waals surface area contributed by atoms with Crippen LogP contribution < -0.4 is 4.90 Å². The van der Waals surface area contributed by atoms with Crippen LogP contribution in [0.25, 0.3) is 11.5 Å². The van der Waals surface area contributed by atoms with Gasteiger partial charge in [0, 0.05) is 17.8 Å². The zero-order chi connectivity index (χ0) is 16.5. The molecule has 3 aromatic rings. The van der Waals surface area contributed by atoms with Crippen LogP contribution in [0.3, 0.4) is 0 Å². The van der Waals surface area contributed by atoms with Crippen LogP contribution in [0.5, 0.6) is 0 Å². The van der Waals surface area contributed by atoms with E-state index in [-0.39, 0.29) is 23.5 Å². The standard InChI is InChI=1S/C18H14FN3O2/c19-14-9-7-13(8-10-14)16-20-21-17(24-16)18(23)22-11-3-5-12-4-1-2-6-15(12)22/h1-2,4,6-10H,3,5,11H2. The molecule has 1 aromatic heterocycles. The first kappa shape index (κ1) is 14.6. The van der Waals surface area contributed by atoms with E-state index in [9.17, 15) is 9.18 Å². The Morgan fingerprint density at radius 1 is 1.08 bits per heavy atom. The first-order valence-corrected chi connectivity index (χ1v) is 7.71. The smallest absolute Gasteiger partial charge is 0.315 e. The summed E-state index contributed by atoms with van der Waals surface area (Å²) in [4.78, 5) is 14.4. The summed E-state index contributed by atoms with van der Waals surface area (Å²) in [6.07, 6.45) is 1.84. The molecular weight excluding hydrogens is 309 g/mol. The van der Waals surface area contributed by atoms with Crippen molar-refractivity contribution in [1.29, 1.82) is 0 Å². The first-order valence-electron chi connectivity index (χ1n) is 7.71. The lowest BCUT2D eigenvalue weighted by atomic mass is 10.0. The molecule has 2 aromatic carbocycles. The van der Waals surface area contributed by atoms with Gasteiger partial charge in [-0.3, -0.25) is 4.79 Å². The van der Waals surface area contributed by atoms with Gasteiger partial charge >= 0.3 is 11.8 Å². The maximum atomic E-state index is 13.0. The van der Waals surface area contributed by atoms with Gasteiger partial charge in [-0.2, -0.15) is 0 Å². The van der Waals surface area contributed by atoms with E-state index in [2.05, 4.69) is 10.2 Å². The summed E-state index contributed by atoms with van der Waals surface area (Å²) >= 11 is 0. The molecule has 6 heteroatoms. The van der Waals surface area contributed by atoms with Gasteiger partial charge in [0.15, 0.2) is 0 Å². The topological polar surface area (TPSA) is 59.2 Å². The van der Waals surface area contributed by atoms with Crippen molar-refractivity contribution >= 4 is 11.6 Å². The van der Waals surface area contributed by atoms with Crippen LogP contribution in [0, 0.1) is 5.82 Å². The third kappa shape index (κ3) is 2.56. The van der Waals surface area contributed by atoms with Crippen LogP contribution in [0.4, 0.5) is 10.1 Å². The number of aromatic nitrogens is 2. The summed E-state index contributed by atoms with van der Waals surface area (Å²) in [5.74, 6) is -0.530. The number of hydrogen-bond donors (Lipinski definition) is 0. The molecule has 0 saturated heterocycles. The molecule has 120 valence electrons. The highest BCUT2D eigenvalue weighted by Crippen LogP contribution is 2.28. The Balaban J connectivity index is 1.63. The Bertz CT molecular complexity index is 889. The number of anilines is 1. The summed E-state index contributed by atoms with van der Waals surface area (Å²) in [5, 5.41) is 7.76. The minimum atomic E-state index is -0.348. The predicted molar refractivity (Wildman–Crippen MR) is 86.1 cm³/mol. The second-order valence-corrected chi connectivity index (χ2v) is 5.61. The highest BCUT2D eigenvalue weighted by molar-refractivity contribution is 6.03. The molecule has 0 N–H and O–H groups in total. The van der Waals surface area contributed by atoms with Crippen molar-refractivity contribution < 1.29 is 13.6 Å². The van der Waals surface area contributed by atoms with E-state index in [1.165, 1.54) is 24.3 Å². The van der Waals surface area contributed by atoms with E-state index < -0.39 is 0 Å². The fourth-order valence-electron chi connectivity index (χ4n) is 2.88. The van der Waals surface area contributed by atoms with Crippen LogP contribution in [-0.2, 0) is 6.42 Å². The first-order chi connectivity index (χ1) is 11.7. The van der Waals surface area contributed by atoms with Crippen molar-refractivity contribution in [2.24, 2.45) is 0 Å². The normalized spacial score (nSPS) is 13.6. The van der Waals surface area contributed by atoms with E-state index in [1.54, 1.807) is 4.90 Å². The molecule has 0 spiro atoms. The number of rotatable bonds is 2. The second kappa shape index (κ2) is 5.88. The third-order valence-electron chi connectivity index (χ3n) is 4.05. The SMILES string of the molecule is O=C(c1nnc(-c2ccc(F)cc2)o1)N1CCCc2ccccc21. The molecule has 0 saturated carbocycles. The van der Waals surface area contributed by atoms with Gasteiger partial charge in [-0.15, -0.1) is 10.2 Å². The molecule has 0 unspecified atom stereocenters. The van der Waals surface area contributed by atoms with E-state index in [4.69, 9.17) is 4.42 Å². The van der Waals surface area contributed by atoms with Crippen molar-refractivity contribution in [1.82, 2.24) is 10.2 Å². The number of amides is 1. The number of para-hydroxylation sites is 1. The number of carbonyl (C=O) groups excluding carboxylic acids is 1. The van der Waals surface area contributed by atoms with Crippen molar-refractivity contribution in [3.05, 3.63) is 65.8 Å². The Morgan fingerprint density at radius 3 is 2.71 bits per heavy atom. The Hall–Kier alpha value is -3.02. The molecule has 0 bridgehead atoms. The van der Waals surface area contributed by atoms with Gasteiger partial charge < -0.3 is 9.32 Å². The van der Waals surface area contributed by atoms with Crippen LogP contribution in [0.1, 0.15) is 22.7 Å². The monoisotopic (exact) mass is 323 g/mol. The maximum absolute atomic E-state index is 13.0. The van der Waals surface area contributed by atoms with Crippen molar-refractivity contribution in [2.45, 2.75) is 12.8 Å². The molecule has 1 amide bonds. The molecule has 1 aliphatic heterocycles. The van der Waals surface area contributed by atoms with E-state index >= 15 is 0 Å². The lowest BCUT2D eigenvalue weighted by Gasteiger charge is -2.28. The molecule has 0 fully saturated rings. The van der Waals surface area contributed by atoms with Crippen LogP contribution in [0.2, 0.25) is 0 Å². The summed E-state index contributed by atoms with van der Waals surface area (Å²) < 4.78 is 18.5. The third-order valence-corrected chi connectivity index (χ3v) is 4.05. The number of hydrogen-bond acceptors (Lipinski definition) is 4. The average molecular weight is 323 g/mol. The van der Waals surface area contributed by atoms with Gasteiger partial charge in [0.05, 0.1) is 0 Å². The van der Waals surface area contributed by atoms with Crippen molar-refractivity contribution in [2.75, 3.05) is 11.4 Å². The number of halogens is 1. The summed E-state index contributed by atoms with van der Waals surface area (Å²) in [6, 6.07) is 13.5. The number of fused-ring (bicyclic) bond motifs is 1. The number of carbonyl (C=O) groups is 1. The zero-order valence-corrected chi connectivity index (χ0v) is 12.8. The highest BCUT2D eigenvalue weighted by atomic mass is 19.1. The molecule has 2 heterocycles. The lowest BCUT2D eigenvalue weighted by Crippen LogP contribution is -2.35. The minimum absolute atomic E-state index is 0.0639. The summed E-state index contributed by atoms with van der Waals surface area (Å²) in [5.41, 5.74) is 2.59. The summed E-state index contributed by atoms with van der Waals surface area (Å²) in [6.45, 7) is 0.615. The number of benzene rings is 2. The van der Waals surface area contributed by atoms with Crippen molar-refractivity contribution in [3.8, 4) is 11.5 Å². The fourth-order valence-corrected chi connectivity index (χ4v) is 2.88. The molecule has 5 nitrogen and oxygen atoms in total. The molecule has 0 radical (unpaired) electrons. The van der Waals surface area contributed by atoms with E-state index in [0.29, 0.717) is 12.1 Å². The van der Waals surface area contributed by atoms with Gasteiger partial charge in [0.25, 0.3) is 0 Å². The van der Waals surface area contributed by atoms with E-state index in [0.717, 1.165) is 24.1 Å². The molecule has 1 aliphatic rings. The average Bonchev–Trinajstić information content (AvgIpc) is 3.11. The van der Waals surface area contributed by atoms with E-state index in [1.807, 2.05) is 24.3 Å². The molecule has 4 rings (SSSR count). The molecule has 0 atom stereocenters. The molecular formula is C18H14FN3O2.